The lowest BCUT2D eigenvalue weighted by Gasteiger charge is -2.20. The zero-order valence-electron chi connectivity index (χ0n) is 9.21. The summed E-state index contributed by atoms with van der Waals surface area (Å²) < 4.78 is 0. The quantitative estimate of drug-likeness (QED) is 0.394. The van der Waals surface area contributed by atoms with Crippen LogP contribution in [0, 0.1) is 0 Å². The molecule has 0 fully saturated rings. The van der Waals surface area contributed by atoms with E-state index in [-0.39, 0.29) is 0 Å². The summed E-state index contributed by atoms with van der Waals surface area (Å²) in [6, 6.07) is 0. The molecule has 0 atom stereocenters. The van der Waals surface area contributed by atoms with E-state index in [0.717, 1.165) is 31.1 Å². The lowest BCUT2D eigenvalue weighted by molar-refractivity contribution is 0.286. The number of rotatable bonds is 10. The second kappa shape index (κ2) is 11.7. The van der Waals surface area contributed by atoms with Crippen LogP contribution in [0.1, 0.15) is 19.8 Å². The molecule has 0 saturated heterocycles. The van der Waals surface area contributed by atoms with Crippen LogP contribution in [0.5, 0.6) is 0 Å². The third-order valence-electron chi connectivity index (χ3n) is 2.07. The molecule has 0 aliphatic carbocycles. The van der Waals surface area contributed by atoms with Crippen molar-refractivity contribution in [2.45, 2.75) is 19.8 Å². The van der Waals surface area contributed by atoms with Crippen molar-refractivity contribution in [2.24, 2.45) is 0 Å². The van der Waals surface area contributed by atoms with Crippen molar-refractivity contribution in [3.63, 3.8) is 0 Å². The zero-order chi connectivity index (χ0) is 10.6. The molecule has 0 bridgehead atoms. The minimum Gasteiger partial charge on any atom is -0.316 e. The van der Waals surface area contributed by atoms with E-state index in [1.54, 1.807) is 0 Å². The fraction of sp³-hybridized carbons (Fsp3) is 1.00. The van der Waals surface area contributed by atoms with Crippen molar-refractivity contribution in [3.8, 4) is 0 Å². The average Bonchev–Trinajstić information content (AvgIpc) is 2.18. The van der Waals surface area contributed by atoms with Gasteiger partial charge in [0.15, 0.2) is 0 Å². The first kappa shape index (κ1) is 14.6. The first-order chi connectivity index (χ1) is 6.85. The summed E-state index contributed by atoms with van der Waals surface area (Å²) in [5.74, 6) is 1.89. The number of nitrogens with one attached hydrogen (secondary N) is 1. The maximum atomic E-state index is 4.26. The van der Waals surface area contributed by atoms with Crippen molar-refractivity contribution >= 4 is 25.3 Å². The summed E-state index contributed by atoms with van der Waals surface area (Å²) in [5.41, 5.74) is 0. The lowest BCUT2D eigenvalue weighted by Crippen LogP contribution is -2.30. The van der Waals surface area contributed by atoms with Gasteiger partial charge in [0, 0.05) is 24.6 Å². The highest BCUT2D eigenvalue weighted by Gasteiger charge is 2.01. The van der Waals surface area contributed by atoms with Crippen LogP contribution >= 0.6 is 25.3 Å². The Morgan fingerprint density at radius 2 is 1.79 bits per heavy atom. The van der Waals surface area contributed by atoms with Crippen molar-refractivity contribution < 1.29 is 0 Å². The summed E-state index contributed by atoms with van der Waals surface area (Å²) in [6.45, 7) is 7.85. The largest absolute Gasteiger partial charge is 0.316 e. The molecular weight excluding hydrogens is 212 g/mol. The van der Waals surface area contributed by atoms with Crippen molar-refractivity contribution in [2.75, 3.05) is 44.2 Å². The number of hydrogen-bond acceptors (Lipinski definition) is 4. The smallest absolute Gasteiger partial charge is 0.00698 e. The average molecular weight is 236 g/mol. The highest BCUT2D eigenvalue weighted by molar-refractivity contribution is 7.80. The van der Waals surface area contributed by atoms with Gasteiger partial charge in [0.05, 0.1) is 0 Å². The molecule has 0 amide bonds. The van der Waals surface area contributed by atoms with Gasteiger partial charge in [0.2, 0.25) is 0 Å². The van der Waals surface area contributed by atoms with Gasteiger partial charge in [-0.25, -0.2) is 0 Å². The lowest BCUT2D eigenvalue weighted by atomic mass is 10.3. The SMILES string of the molecule is CCCN(CCS)CCCNCCS. The molecule has 14 heavy (non-hydrogen) atoms. The van der Waals surface area contributed by atoms with E-state index in [0.29, 0.717) is 0 Å². The van der Waals surface area contributed by atoms with Gasteiger partial charge in [-0.1, -0.05) is 6.92 Å². The Bertz CT molecular complexity index is 106. The number of hydrogen-bond donors (Lipinski definition) is 3. The normalized spacial score (nSPS) is 11.1. The number of thiol groups is 2. The van der Waals surface area contributed by atoms with Gasteiger partial charge in [-0.3, -0.25) is 0 Å². The molecular formula is C10H24N2S2. The first-order valence-electron chi connectivity index (χ1n) is 5.50. The maximum Gasteiger partial charge on any atom is 0.00698 e. The molecule has 0 aliphatic rings. The van der Waals surface area contributed by atoms with Gasteiger partial charge in [-0.2, -0.15) is 25.3 Å². The van der Waals surface area contributed by atoms with E-state index in [1.807, 2.05) is 0 Å². The molecule has 86 valence electrons. The molecule has 0 spiro atoms. The predicted octanol–water partition coefficient (Wildman–Crippen LogP) is 1.54. The van der Waals surface area contributed by atoms with Crippen LogP contribution in [0.3, 0.4) is 0 Å². The van der Waals surface area contributed by atoms with E-state index in [9.17, 15) is 0 Å². The molecule has 0 aromatic rings. The molecule has 1 N–H and O–H groups in total. The summed E-state index contributed by atoms with van der Waals surface area (Å²) in [5, 5.41) is 3.35. The van der Waals surface area contributed by atoms with Gasteiger partial charge >= 0.3 is 0 Å². The molecule has 0 aromatic heterocycles. The second-order valence-corrected chi connectivity index (χ2v) is 4.29. The minimum absolute atomic E-state index is 0.926. The molecule has 0 aromatic carbocycles. The summed E-state index contributed by atoms with van der Waals surface area (Å²) in [4.78, 5) is 2.48. The van der Waals surface area contributed by atoms with E-state index < -0.39 is 0 Å². The third-order valence-corrected chi connectivity index (χ3v) is 2.50. The Morgan fingerprint density at radius 3 is 2.36 bits per heavy atom. The van der Waals surface area contributed by atoms with Crippen LogP contribution in [0.2, 0.25) is 0 Å². The van der Waals surface area contributed by atoms with Gasteiger partial charge < -0.3 is 10.2 Å². The second-order valence-electron chi connectivity index (χ2n) is 3.39. The van der Waals surface area contributed by atoms with E-state index in [2.05, 4.69) is 42.4 Å². The van der Waals surface area contributed by atoms with Gasteiger partial charge in [0.1, 0.15) is 0 Å². The summed E-state index contributed by atoms with van der Waals surface area (Å²) in [6.07, 6.45) is 2.46. The van der Waals surface area contributed by atoms with Crippen molar-refractivity contribution in [1.82, 2.24) is 10.2 Å². The predicted molar refractivity (Wildman–Crippen MR) is 71.9 cm³/mol. The minimum atomic E-state index is 0.926. The Hall–Kier alpha value is 0.620. The van der Waals surface area contributed by atoms with Crippen LogP contribution < -0.4 is 5.32 Å². The highest BCUT2D eigenvalue weighted by Crippen LogP contribution is 1.94. The molecule has 0 radical (unpaired) electrons. The van der Waals surface area contributed by atoms with Crippen molar-refractivity contribution in [1.29, 1.82) is 0 Å². The van der Waals surface area contributed by atoms with E-state index >= 15 is 0 Å². The molecule has 2 nitrogen and oxygen atoms in total. The molecule has 0 unspecified atom stereocenters. The summed E-state index contributed by atoms with van der Waals surface area (Å²) in [7, 11) is 0. The Labute approximate surface area is 99.6 Å². The molecule has 4 heteroatoms. The summed E-state index contributed by atoms with van der Waals surface area (Å²) >= 11 is 8.41. The van der Waals surface area contributed by atoms with Gasteiger partial charge in [-0.15, -0.1) is 0 Å². The molecule has 0 rings (SSSR count). The number of nitrogens with zero attached hydrogens (tertiary/aromatic N) is 1. The third kappa shape index (κ3) is 9.19. The van der Waals surface area contributed by atoms with E-state index in [4.69, 9.17) is 0 Å². The van der Waals surface area contributed by atoms with Crippen molar-refractivity contribution in [3.05, 3.63) is 0 Å². The fourth-order valence-electron chi connectivity index (χ4n) is 1.42. The standard InChI is InChI=1S/C10H24N2S2/c1-2-6-12(8-10-14)7-3-4-11-5-9-13/h11,13-14H,2-10H2,1H3. The fourth-order valence-corrected chi connectivity index (χ4v) is 1.87. The highest BCUT2D eigenvalue weighted by atomic mass is 32.1. The van der Waals surface area contributed by atoms with E-state index in [1.165, 1.54) is 25.9 Å². The Kier molecular flexibility index (Phi) is 12.2. The van der Waals surface area contributed by atoms with Crippen LogP contribution in [-0.2, 0) is 0 Å². The van der Waals surface area contributed by atoms with Crippen LogP contribution in [0.4, 0.5) is 0 Å². The maximum absolute atomic E-state index is 4.26. The molecule has 0 saturated carbocycles. The monoisotopic (exact) mass is 236 g/mol. The Balaban J connectivity index is 3.30. The molecule has 0 aliphatic heterocycles. The van der Waals surface area contributed by atoms with Crippen LogP contribution in [-0.4, -0.2) is 49.1 Å². The van der Waals surface area contributed by atoms with Crippen LogP contribution in [0.25, 0.3) is 0 Å². The van der Waals surface area contributed by atoms with Crippen LogP contribution in [0.15, 0.2) is 0 Å². The van der Waals surface area contributed by atoms with Gasteiger partial charge in [-0.05, 0) is 32.5 Å². The van der Waals surface area contributed by atoms with Gasteiger partial charge in [0.25, 0.3) is 0 Å². The first-order valence-corrected chi connectivity index (χ1v) is 6.76. The topological polar surface area (TPSA) is 15.3 Å². The zero-order valence-corrected chi connectivity index (χ0v) is 11.0. The molecule has 0 heterocycles. The Morgan fingerprint density at radius 1 is 1.00 bits per heavy atom.